The lowest BCUT2D eigenvalue weighted by Gasteiger charge is -2.32. The van der Waals surface area contributed by atoms with Crippen molar-refractivity contribution in [3.05, 3.63) is 48.0 Å². The zero-order valence-electron chi connectivity index (χ0n) is 17.9. The highest BCUT2D eigenvalue weighted by atomic mass is 16.5. The molecule has 1 aliphatic rings. The van der Waals surface area contributed by atoms with E-state index in [0.29, 0.717) is 54.4 Å². The smallest absolute Gasteiger partial charge is 0.261 e. The van der Waals surface area contributed by atoms with Gasteiger partial charge in [0.25, 0.3) is 5.91 Å². The van der Waals surface area contributed by atoms with Crippen LogP contribution in [0.25, 0.3) is 0 Å². The topological polar surface area (TPSA) is 97.0 Å². The Morgan fingerprint density at radius 1 is 0.871 bits per heavy atom. The van der Waals surface area contributed by atoms with Gasteiger partial charge in [-0.05, 0) is 49.2 Å². The average molecular weight is 425 g/mol. The van der Waals surface area contributed by atoms with Gasteiger partial charge in [-0.25, -0.2) is 0 Å². The molecular weight excluding hydrogens is 398 g/mol. The van der Waals surface area contributed by atoms with Gasteiger partial charge in [0, 0.05) is 37.3 Å². The fourth-order valence-electron chi connectivity index (χ4n) is 3.65. The van der Waals surface area contributed by atoms with Gasteiger partial charge in [0.2, 0.25) is 11.8 Å². The molecule has 0 aromatic heterocycles. The van der Waals surface area contributed by atoms with E-state index >= 15 is 0 Å². The molecule has 0 saturated carbocycles. The van der Waals surface area contributed by atoms with E-state index in [1.165, 1.54) is 21.1 Å². The van der Waals surface area contributed by atoms with Gasteiger partial charge in [-0.2, -0.15) is 0 Å². The lowest BCUT2D eigenvalue weighted by Crippen LogP contribution is -2.41. The van der Waals surface area contributed by atoms with Gasteiger partial charge in [0.15, 0.2) is 0 Å². The SMILES string of the molecule is COc1cccc(OC)c1C(=O)N1CCC(C(=O)Nc2ccc(NC(C)=O)cc2)CC1. The van der Waals surface area contributed by atoms with Crippen LogP contribution >= 0.6 is 0 Å². The molecule has 3 rings (SSSR count). The second kappa shape index (κ2) is 9.97. The minimum absolute atomic E-state index is 0.0748. The van der Waals surface area contributed by atoms with Gasteiger partial charge in [-0.15, -0.1) is 0 Å². The van der Waals surface area contributed by atoms with Crippen molar-refractivity contribution >= 4 is 29.1 Å². The molecule has 0 radical (unpaired) electrons. The predicted octanol–water partition coefficient (Wildman–Crippen LogP) is 3.15. The minimum atomic E-state index is -0.182. The number of piperidine rings is 1. The second-order valence-electron chi connectivity index (χ2n) is 7.35. The minimum Gasteiger partial charge on any atom is -0.496 e. The highest BCUT2D eigenvalue weighted by Gasteiger charge is 2.30. The summed E-state index contributed by atoms with van der Waals surface area (Å²) in [5, 5.41) is 5.60. The van der Waals surface area contributed by atoms with Crippen LogP contribution in [0, 0.1) is 5.92 Å². The fourth-order valence-corrected chi connectivity index (χ4v) is 3.65. The molecule has 164 valence electrons. The summed E-state index contributed by atoms with van der Waals surface area (Å²) in [5.74, 6) is 0.359. The van der Waals surface area contributed by atoms with Crippen LogP contribution in [0.1, 0.15) is 30.1 Å². The van der Waals surface area contributed by atoms with Gasteiger partial charge < -0.3 is 25.0 Å². The van der Waals surface area contributed by atoms with Crippen molar-refractivity contribution in [1.29, 1.82) is 0 Å². The van der Waals surface area contributed by atoms with Gasteiger partial charge in [0.05, 0.1) is 14.2 Å². The largest absolute Gasteiger partial charge is 0.496 e. The highest BCUT2D eigenvalue weighted by molar-refractivity contribution is 6.00. The number of methoxy groups -OCH3 is 2. The summed E-state index contributed by atoms with van der Waals surface area (Å²) in [7, 11) is 3.04. The Morgan fingerprint density at radius 2 is 1.39 bits per heavy atom. The van der Waals surface area contributed by atoms with Gasteiger partial charge >= 0.3 is 0 Å². The Kier molecular flexibility index (Phi) is 7.12. The third-order valence-electron chi connectivity index (χ3n) is 5.27. The van der Waals surface area contributed by atoms with E-state index in [2.05, 4.69) is 10.6 Å². The van der Waals surface area contributed by atoms with E-state index in [1.54, 1.807) is 47.4 Å². The van der Waals surface area contributed by atoms with Crippen LogP contribution in [0.4, 0.5) is 11.4 Å². The Labute approximate surface area is 181 Å². The maximum Gasteiger partial charge on any atom is 0.261 e. The standard InChI is InChI=1S/C23H27N3O5/c1-15(27)24-17-7-9-18(10-8-17)25-22(28)16-11-13-26(14-12-16)23(29)21-19(30-2)5-4-6-20(21)31-3/h4-10,16H,11-14H2,1-3H3,(H,24,27)(H,25,28). The molecule has 1 fully saturated rings. The number of hydrogen-bond donors (Lipinski definition) is 2. The molecule has 2 N–H and O–H groups in total. The van der Waals surface area contributed by atoms with E-state index in [0.717, 1.165) is 0 Å². The summed E-state index contributed by atoms with van der Waals surface area (Å²) in [6.07, 6.45) is 1.14. The normalized spacial score (nSPS) is 14.0. The third-order valence-corrected chi connectivity index (χ3v) is 5.27. The quantitative estimate of drug-likeness (QED) is 0.741. The lowest BCUT2D eigenvalue weighted by molar-refractivity contribution is -0.121. The summed E-state index contributed by atoms with van der Waals surface area (Å²) in [4.78, 5) is 38.5. The highest BCUT2D eigenvalue weighted by Crippen LogP contribution is 2.31. The van der Waals surface area contributed by atoms with Crippen molar-refractivity contribution < 1.29 is 23.9 Å². The third kappa shape index (κ3) is 5.33. The van der Waals surface area contributed by atoms with E-state index in [1.807, 2.05) is 0 Å². The Morgan fingerprint density at radius 3 is 1.87 bits per heavy atom. The number of ether oxygens (including phenoxy) is 2. The van der Waals surface area contributed by atoms with Crippen LogP contribution in [0.15, 0.2) is 42.5 Å². The number of carbonyl (C=O) groups is 3. The summed E-state index contributed by atoms with van der Waals surface area (Å²) in [6, 6.07) is 12.2. The molecule has 0 bridgehead atoms. The van der Waals surface area contributed by atoms with E-state index in [9.17, 15) is 14.4 Å². The number of likely N-dealkylation sites (tertiary alicyclic amines) is 1. The molecular formula is C23H27N3O5. The second-order valence-corrected chi connectivity index (χ2v) is 7.35. The number of rotatable bonds is 6. The van der Waals surface area contributed by atoms with Crippen LogP contribution in [-0.4, -0.2) is 49.9 Å². The lowest BCUT2D eigenvalue weighted by atomic mass is 9.95. The molecule has 0 spiro atoms. The molecule has 1 heterocycles. The maximum atomic E-state index is 13.1. The van der Waals surface area contributed by atoms with Crippen molar-refractivity contribution in [1.82, 2.24) is 4.90 Å². The zero-order valence-corrected chi connectivity index (χ0v) is 17.9. The number of hydrogen-bond acceptors (Lipinski definition) is 5. The number of benzene rings is 2. The average Bonchev–Trinajstić information content (AvgIpc) is 2.79. The first-order valence-corrected chi connectivity index (χ1v) is 10.1. The van der Waals surface area contributed by atoms with Gasteiger partial charge in [-0.1, -0.05) is 6.07 Å². The van der Waals surface area contributed by atoms with E-state index in [-0.39, 0.29) is 23.6 Å². The molecule has 2 aromatic rings. The van der Waals surface area contributed by atoms with E-state index in [4.69, 9.17) is 9.47 Å². The summed E-state index contributed by atoms with van der Waals surface area (Å²) >= 11 is 0. The fraction of sp³-hybridized carbons (Fsp3) is 0.348. The number of anilines is 2. The molecule has 3 amide bonds. The predicted molar refractivity (Wildman–Crippen MR) is 118 cm³/mol. The first-order valence-electron chi connectivity index (χ1n) is 10.1. The van der Waals surface area contributed by atoms with E-state index < -0.39 is 0 Å². The Hall–Kier alpha value is -3.55. The molecule has 1 aliphatic heterocycles. The summed E-state index contributed by atoms with van der Waals surface area (Å²) < 4.78 is 10.7. The molecule has 31 heavy (non-hydrogen) atoms. The molecule has 8 heteroatoms. The monoisotopic (exact) mass is 425 g/mol. The van der Waals surface area contributed by atoms with Gasteiger partial charge in [-0.3, -0.25) is 14.4 Å². The Bertz CT molecular complexity index is 928. The van der Waals surface area contributed by atoms with Crippen LogP contribution < -0.4 is 20.1 Å². The van der Waals surface area contributed by atoms with Crippen LogP contribution in [0.2, 0.25) is 0 Å². The zero-order chi connectivity index (χ0) is 22.4. The number of nitrogens with zero attached hydrogens (tertiary/aromatic N) is 1. The first-order chi connectivity index (χ1) is 14.9. The van der Waals surface area contributed by atoms with Crippen LogP contribution in [0.3, 0.4) is 0 Å². The van der Waals surface area contributed by atoms with Crippen LogP contribution in [0.5, 0.6) is 11.5 Å². The van der Waals surface area contributed by atoms with Gasteiger partial charge in [0.1, 0.15) is 17.1 Å². The summed E-state index contributed by atoms with van der Waals surface area (Å²) in [6.45, 7) is 2.38. The van der Waals surface area contributed by atoms with Crippen molar-refractivity contribution in [2.45, 2.75) is 19.8 Å². The molecule has 0 atom stereocenters. The van der Waals surface area contributed by atoms with Crippen molar-refractivity contribution in [2.24, 2.45) is 5.92 Å². The Balaban J connectivity index is 1.59. The van der Waals surface area contributed by atoms with Crippen LogP contribution in [-0.2, 0) is 9.59 Å². The molecule has 1 saturated heterocycles. The van der Waals surface area contributed by atoms with Crippen molar-refractivity contribution in [2.75, 3.05) is 37.9 Å². The van der Waals surface area contributed by atoms with Crippen molar-refractivity contribution in [3.63, 3.8) is 0 Å². The summed E-state index contributed by atoms with van der Waals surface area (Å²) in [5.41, 5.74) is 1.73. The number of carbonyl (C=O) groups excluding carboxylic acids is 3. The molecule has 0 unspecified atom stereocenters. The maximum absolute atomic E-state index is 13.1. The molecule has 0 aliphatic carbocycles. The molecule has 2 aromatic carbocycles. The molecule has 8 nitrogen and oxygen atoms in total. The first kappa shape index (κ1) is 22.1. The number of nitrogens with one attached hydrogen (secondary N) is 2. The van der Waals surface area contributed by atoms with Crippen molar-refractivity contribution in [3.8, 4) is 11.5 Å². The number of amides is 3.